The zero-order valence-electron chi connectivity index (χ0n) is 13.4. The molecule has 0 aromatic heterocycles. The van der Waals surface area contributed by atoms with Crippen LogP contribution in [0.15, 0.2) is 30.3 Å². The summed E-state index contributed by atoms with van der Waals surface area (Å²) in [5.74, 6) is -0.242. The van der Waals surface area contributed by atoms with E-state index in [0.29, 0.717) is 24.9 Å². The molecule has 130 valence electrons. The maximum absolute atomic E-state index is 12.5. The predicted molar refractivity (Wildman–Crippen MR) is 91.2 cm³/mol. The number of carbonyl (C=O) groups is 1. The van der Waals surface area contributed by atoms with Gasteiger partial charge >= 0.3 is 0 Å². The van der Waals surface area contributed by atoms with E-state index in [4.69, 9.17) is 0 Å². The quantitative estimate of drug-likeness (QED) is 0.443. The van der Waals surface area contributed by atoms with E-state index in [1.54, 1.807) is 23.1 Å². The number of nitrogens with zero attached hydrogens (tertiary/aromatic N) is 2. The van der Waals surface area contributed by atoms with Crippen molar-refractivity contribution in [3.8, 4) is 0 Å². The second kappa shape index (κ2) is 7.57. The van der Waals surface area contributed by atoms with Gasteiger partial charge in [0.2, 0.25) is 5.91 Å². The lowest BCUT2D eigenvalue weighted by molar-refractivity contribution is -0.385. The first-order valence-corrected chi connectivity index (χ1v) is 9.58. The predicted octanol–water partition coefficient (Wildman–Crippen LogP) is 2.03. The molecule has 1 aromatic rings. The first-order valence-electron chi connectivity index (χ1n) is 7.76. The molecule has 0 bridgehead atoms. The lowest BCUT2D eigenvalue weighted by atomic mass is 10.1. The summed E-state index contributed by atoms with van der Waals surface area (Å²) in [6.07, 6.45) is 3.84. The van der Waals surface area contributed by atoms with Crippen LogP contribution in [0.4, 0.5) is 5.69 Å². The molecular weight excluding hydrogens is 332 g/mol. The topological polar surface area (TPSA) is 97.6 Å². The lowest BCUT2D eigenvalue weighted by Gasteiger charge is -2.26. The van der Waals surface area contributed by atoms with Crippen molar-refractivity contribution < 1.29 is 18.1 Å². The van der Waals surface area contributed by atoms with Crippen LogP contribution in [0.1, 0.15) is 25.3 Å². The average Bonchev–Trinajstić information content (AvgIpc) is 2.90. The molecule has 1 aliphatic rings. The van der Waals surface area contributed by atoms with Crippen molar-refractivity contribution >= 4 is 27.5 Å². The van der Waals surface area contributed by atoms with Crippen LogP contribution in [0.3, 0.4) is 0 Å². The van der Waals surface area contributed by atoms with Gasteiger partial charge in [0, 0.05) is 24.7 Å². The summed E-state index contributed by atoms with van der Waals surface area (Å²) in [5.41, 5.74) is 0.262. The SMILES string of the molecule is CCCN(C(=O)/C=C/c1ccccc1[N+](=O)[O-])C1CCS(=O)(=O)C1. The van der Waals surface area contributed by atoms with Crippen molar-refractivity contribution in [2.24, 2.45) is 0 Å². The first kappa shape index (κ1) is 18.1. The Morgan fingerprint density at radius 2 is 2.12 bits per heavy atom. The molecule has 1 aliphatic heterocycles. The molecule has 0 radical (unpaired) electrons. The third-order valence-corrected chi connectivity index (χ3v) is 5.69. The van der Waals surface area contributed by atoms with Crippen molar-refractivity contribution in [1.82, 2.24) is 4.90 Å². The fraction of sp³-hybridized carbons (Fsp3) is 0.438. The van der Waals surface area contributed by atoms with Gasteiger partial charge in [-0.05, 0) is 25.0 Å². The average molecular weight is 352 g/mol. The number of hydrogen-bond donors (Lipinski definition) is 0. The van der Waals surface area contributed by atoms with E-state index in [1.165, 1.54) is 18.2 Å². The van der Waals surface area contributed by atoms with Crippen molar-refractivity contribution in [2.75, 3.05) is 18.1 Å². The Hall–Kier alpha value is -2.22. The van der Waals surface area contributed by atoms with Crippen LogP contribution in [0.25, 0.3) is 6.08 Å². The molecule has 0 N–H and O–H groups in total. The van der Waals surface area contributed by atoms with Crippen molar-refractivity contribution in [2.45, 2.75) is 25.8 Å². The standard InChI is InChI=1S/C16H20N2O5S/c1-2-10-17(14-9-11-24(22,23)12-14)16(19)8-7-13-5-3-4-6-15(13)18(20)21/h3-8,14H,2,9-12H2,1H3/b8-7+. The summed E-state index contributed by atoms with van der Waals surface area (Å²) in [7, 11) is -3.08. The molecule has 7 nitrogen and oxygen atoms in total. The number of para-hydroxylation sites is 1. The number of hydrogen-bond acceptors (Lipinski definition) is 5. The summed E-state index contributed by atoms with van der Waals surface area (Å²) in [4.78, 5) is 24.5. The molecule has 1 unspecified atom stereocenters. The van der Waals surface area contributed by atoms with Crippen LogP contribution >= 0.6 is 0 Å². The highest BCUT2D eigenvalue weighted by molar-refractivity contribution is 7.91. The molecule has 8 heteroatoms. The van der Waals surface area contributed by atoms with Crippen LogP contribution in [0, 0.1) is 10.1 Å². The maximum atomic E-state index is 12.5. The van der Waals surface area contributed by atoms with E-state index in [-0.39, 0.29) is 29.1 Å². The minimum Gasteiger partial charge on any atom is -0.335 e. The van der Waals surface area contributed by atoms with Crippen LogP contribution in [0.5, 0.6) is 0 Å². The Labute approximate surface area is 141 Å². The van der Waals surface area contributed by atoms with Crippen LogP contribution < -0.4 is 0 Å². The van der Waals surface area contributed by atoms with Crippen LogP contribution in [-0.4, -0.2) is 48.2 Å². The minimum absolute atomic E-state index is 0.0158. The van der Waals surface area contributed by atoms with Gasteiger partial charge in [-0.1, -0.05) is 19.1 Å². The fourth-order valence-corrected chi connectivity index (χ4v) is 4.52. The Kier molecular flexibility index (Phi) is 5.71. The third kappa shape index (κ3) is 4.41. The summed E-state index contributed by atoms with van der Waals surface area (Å²) in [5, 5.41) is 11.0. The van der Waals surface area contributed by atoms with Crippen LogP contribution in [-0.2, 0) is 14.6 Å². The number of carbonyl (C=O) groups excluding carboxylic acids is 1. The van der Waals surface area contributed by atoms with Gasteiger partial charge < -0.3 is 4.90 Å². The first-order chi connectivity index (χ1) is 11.3. The number of rotatable bonds is 6. The second-order valence-electron chi connectivity index (χ2n) is 5.74. The van der Waals surface area contributed by atoms with Gasteiger partial charge in [-0.2, -0.15) is 0 Å². The fourth-order valence-electron chi connectivity index (χ4n) is 2.79. The highest BCUT2D eigenvalue weighted by atomic mass is 32.2. The Morgan fingerprint density at radius 3 is 2.71 bits per heavy atom. The molecule has 1 saturated heterocycles. The Bertz CT molecular complexity index is 757. The minimum atomic E-state index is -3.08. The Morgan fingerprint density at radius 1 is 1.42 bits per heavy atom. The van der Waals surface area contributed by atoms with Gasteiger partial charge in [0.05, 0.1) is 22.0 Å². The van der Waals surface area contributed by atoms with E-state index < -0.39 is 14.8 Å². The molecule has 1 amide bonds. The van der Waals surface area contributed by atoms with E-state index in [2.05, 4.69) is 0 Å². The number of nitro groups is 1. The number of benzene rings is 1. The third-order valence-electron chi connectivity index (χ3n) is 3.94. The largest absolute Gasteiger partial charge is 0.335 e. The molecule has 24 heavy (non-hydrogen) atoms. The number of amides is 1. The van der Waals surface area contributed by atoms with E-state index in [9.17, 15) is 23.3 Å². The van der Waals surface area contributed by atoms with Gasteiger partial charge in [0.1, 0.15) is 0 Å². The Balaban J connectivity index is 2.18. The van der Waals surface area contributed by atoms with Gasteiger partial charge in [0.15, 0.2) is 9.84 Å². The molecule has 2 rings (SSSR count). The zero-order chi connectivity index (χ0) is 17.7. The van der Waals surface area contributed by atoms with Crippen LogP contribution in [0.2, 0.25) is 0 Å². The highest BCUT2D eigenvalue weighted by Gasteiger charge is 2.33. The van der Waals surface area contributed by atoms with Gasteiger partial charge in [0.25, 0.3) is 5.69 Å². The van der Waals surface area contributed by atoms with Crippen molar-refractivity contribution in [3.63, 3.8) is 0 Å². The highest BCUT2D eigenvalue weighted by Crippen LogP contribution is 2.21. The number of nitro benzene ring substituents is 1. The molecule has 1 aromatic carbocycles. The summed E-state index contributed by atoms with van der Waals surface area (Å²) in [6.45, 7) is 2.37. The van der Waals surface area contributed by atoms with Gasteiger partial charge in [-0.25, -0.2) is 8.42 Å². The second-order valence-corrected chi connectivity index (χ2v) is 7.97. The molecule has 1 atom stereocenters. The summed E-state index contributed by atoms with van der Waals surface area (Å²) in [6, 6.07) is 5.83. The molecule has 0 saturated carbocycles. The molecule has 0 spiro atoms. The lowest BCUT2D eigenvalue weighted by Crippen LogP contribution is -2.40. The zero-order valence-corrected chi connectivity index (χ0v) is 14.2. The van der Waals surface area contributed by atoms with E-state index in [0.717, 1.165) is 0 Å². The summed E-state index contributed by atoms with van der Waals surface area (Å²) < 4.78 is 23.3. The van der Waals surface area contributed by atoms with Crippen molar-refractivity contribution in [3.05, 3.63) is 46.0 Å². The van der Waals surface area contributed by atoms with E-state index in [1.807, 2.05) is 6.92 Å². The monoisotopic (exact) mass is 352 g/mol. The summed E-state index contributed by atoms with van der Waals surface area (Å²) >= 11 is 0. The smallest absolute Gasteiger partial charge is 0.276 e. The normalized spacial score (nSPS) is 19.5. The van der Waals surface area contributed by atoms with Gasteiger partial charge in [-0.3, -0.25) is 14.9 Å². The molecule has 1 heterocycles. The van der Waals surface area contributed by atoms with E-state index >= 15 is 0 Å². The molecule has 1 fully saturated rings. The van der Waals surface area contributed by atoms with Gasteiger partial charge in [-0.15, -0.1) is 0 Å². The maximum Gasteiger partial charge on any atom is 0.276 e. The molecule has 0 aliphatic carbocycles. The number of sulfone groups is 1. The van der Waals surface area contributed by atoms with Crippen molar-refractivity contribution in [1.29, 1.82) is 0 Å². The molecular formula is C16H20N2O5S.